The first-order chi connectivity index (χ1) is 7.99. The average molecular weight is 240 g/mol. The largest absolute Gasteiger partial charge is 0.369 e. The molecule has 6 nitrogen and oxygen atoms in total. The van der Waals surface area contributed by atoms with Crippen LogP contribution in [0.2, 0.25) is 0 Å². The molecule has 1 amide bonds. The number of aromatic nitrogens is 3. The molecule has 0 fully saturated rings. The van der Waals surface area contributed by atoms with Crippen LogP contribution in [0, 0.1) is 5.92 Å². The predicted octanol–water partition coefficient (Wildman–Crippen LogP) is 1.20. The Morgan fingerprint density at radius 1 is 1.53 bits per heavy atom. The van der Waals surface area contributed by atoms with Gasteiger partial charge in [-0.05, 0) is 19.3 Å². The van der Waals surface area contributed by atoms with Gasteiger partial charge in [-0.25, -0.2) is 4.98 Å². The van der Waals surface area contributed by atoms with Crippen molar-refractivity contribution in [2.45, 2.75) is 33.3 Å². The van der Waals surface area contributed by atoms with Gasteiger partial charge in [0.05, 0.1) is 0 Å². The van der Waals surface area contributed by atoms with Crippen LogP contribution in [-0.2, 0) is 16.6 Å². The monoisotopic (exact) mass is 240 g/mol. The van der Waals surface area contributed by atoms with Gasteiger partial charge in [0.2, 0.25) is 5.95 Å². The third-order valence-electron chi connectivity index (χ3n) is 2.27. The van der Waals surface area contributed by atoms with Crippen LogP contribution in [0.15, 0.2) is 6.33 Å². The van der Waals surface area contributed by atoms with Crippen molar-refractivity contribution in [2.75, 3.05) is 11.9 Å². The fourth-order valence-corrected chi connectivity index (χ4v) is 1.16. The number of hydrogen-bond donors (Lipinski definition) is 1. The minimum atomic E-state index is -0.488. The van der Waals surface area contributed by atoms with Crippen molar-refractivity contribution in [1.29, 1.82) is 0 Å². The molecule has 6 heteroatoms. The van der Waals surface area contributed by atoms with Gasteiger partial charge in [0.25, 0.3) is 5.91 Å². The maximum Gasteiger partial charge on any atom is 0.255 e. The van der Waals surface area contributed by atoms with Crippen molar-refractivity contribution in [3.63, 3.8) is 0 Å². The number of amides is 1. The zero-order chi connectivity index (χ0) is 12.8. The van der Waals surface area contributed by atoms with Gasteiger partial charge in [0, 0.05) is 13.7 Å². The number of rotatable bonds is 6. The first-order valence-corrected chi connectivity index (χ1v) is 5.77. The highest BCUT2D eigenvalue weighted by Gasteiger charge is 2.15. The van der Waals surface area contributed by atoms with Gasteiger partial charge >= 0.3 is 0 Å². The molecule has 1 aromatic heterocycles. The minimum absolute atomic E-state index is 0.222. The van der Waals surface area contributed by atoms with Gasteiger partial charge in [0.1, 0.15) is 12.4 Å². The Hall–Kier alpha value is -1.43. The molecule has 96 valence electrons. The molecule has 0 unspecified atom stereocenters. The van der Waals surface area contributed by atoms with Crippen molar-refractivity contribution >= 4 is 11.9 Å². The second-order valence-electron chi connectivity index (χ2n) is 4.43. The molecule has 0 radical (unpaired) electrons. The lowest BCUT2D eigenvalue weighted by Crippen LogP contribution is -2.28. The second-order valence-corrected chi connectivity index (χ2v) is 4.43. The van der Waals surface area contributed by atoms with E-state index in [2.05, 4.69) is 29.2 Å². The number of aryl methyl sites for hydroxylation is 1. The minimum Gasteiger partial charge on any atom is -0.369 e. The SMILES string of the molecule is CC(C)CCO[C@@H](C)C(=O)Nc1ncn(C)n1. The molecule has 0 aliphatic heterocycles. The van der Waals surface area contributed by atoms with Crippen LogP contribution >= 0.6 is 0 Å². The number of carbonyl (C=O) groups excluding carboxylic acids is 1. The van der Waals surface area contributed by atoms with Gasteiger partial charge in [-0.3, -0.25) is 14.8 Å². The van der Waals surface area contributed by atoms with Crippen molar-refractivity contribution in [3.8, 4) is 0 Å². The van der Waals surface area contributed by atoms with Crippen LogP contribution in [0.25, 0.3) is 0 Å². The van der Waals surface area contributed by atoms with Gasteiger partial charge in [-0.15, -0.1) is 5.10 Å². The normalized spacial score (nSPS) is 12.8. The fourth-order valence-electron chi connectivity index (χ4n) is 1.16. The third kappa shape index (κ3) is 4.95. The number of ether oxygens (including phenoxy) is 1. The lowest BCUT2D eigenvalue weighted by molar-refractivity contribution is -0.126. The Morgan fingerprint density at radius 3 is 2.76 bits per heavy atom. The van der Waals surface area contributed by atoms with E-state index in [-0.39, 0.29) is 5.91 Å². The summed E-state index contributed by atoms with van der Waals surface area (Å²) in [6, 6.07) is 0. The number of anilines is 1. The quantitative estimate of drug-likeness (QED) is 0.811. The summed E-state index contributed by atoms with van der Waals surface area (Å²) in [4.78, 5) is 15.6. The summed E-state index contributed by atoms with van der Waals surface area (Å²) < 4.78 is 6.95. The number of nitrogens with zero attached hydrogens (tertiary/aromatic N) is 3. The van der Waals surface area contributed by atoms with Gasteiger partial charge in [0.15, 0.2) is 0 Å². The van der Waals surface area contributed by atoms with E-state index in [0.717, 1.165) is 6.42 Å². The zero-order valence-corrected chi connectivity index (χ0v) is 10.8. The molecule has 1 heterocycles. The lowest BCUT2D eigenvalue weighted by atomic mass is 10.1. The van der Waals surface area contributed by atoms with E-state index in [1.54, 1.807) is 14.0 Å². The summed E-state index contributed by atoms with van der Waals surface area (Å²) in [5.41, 5.74) is 0. The lowest BCUT2D eigenvalue weighted by Gasteiger charge is -2.12. The van der Waals surface area contributed by atoms with Crippen LogP contribution in [0.1, 0.15) is 27.2 Å². The first-order valence-electron chi connectivity index (χ1n) is 5.77. The molecule has 1 N–H and O–H groups in total. The number of carbonyl (C=O) groups is 1. The Labute approximate surface area is 101 Å². The highest BCUT2D eigenvalue weighted by atomic mass is 16.5. The van der Waals surface area contributed by atoms with Crippen molar-refractivity contribution in [1.82, 2.24) is 14.8 Å². The predicted molar refractivity (Wildman–Crippen MR) is 64.5 cm³/mol. The van der Waals surface area contributed by atoms with Crippen molar-refractivity contribution in [2.24, 2.45) is 13.0 Å². The van der Waals surface area contributed by atoms with Gasteiger partial charge in [-0.1, -0.05) is 13.8 Å². The van der Waals surface area contributed by atoms with Crippen LogP contribution in [0.5, 0.6) is 0 Å². The Kier molecular flexibility index (Phi) is 5.09. The Bertz CT molecular complexity index is 362. The first kappa shape index (κ1) is 13.6. The molecule has 1 atom stereocenters. The van der Waals surface area contributed by atoms with E-state index in [9.17, 15) is 4.79 Å². The maximum atomic E-state index is 11.7. The highest BCUT2D eigenvalue weighted by Crippen LogP contribution is 2.03. The Balaban J connectivity index is 2.32. The third-order valence-corrected chi connectivity index (χ3v) is 2.27. The molecule has 0 aliphatic rings. The standard InChI is InChI=1S/C11H20N4O2/c1-8(2)5-6-17-9(3)10(16)13-11-12-7-15(4)14-11/h7-9H,5-6H2,1-4H3,(H,13,14,16)/t9-/m0/s1. The zero-order valence-electron chi connectivity index (χ0n) is 10.8. The van der Waals surface area contributed by atoms with Crippen LogP contribution in [-0.4, -0.2) is 33.4 Å². The van der Waals surface area contributed by atoms with E-state index < -0.39 is 6.10 Å². The summed E-state index contributed by atoms with van der Waals surface area (Å²) >= 11 is 0. The summed E-state index contributed by atoms with van der Waals surface area (Å²) in [5, 5.41) is 6.55. The summed E-state index contributed by atoms with van der Waals surface area (Å²) in [7, 11) is 1.74. The molecule has 0 saturated heterocycles. The molecular formula is C11H20N4O2. The summed E-state index contributed by atoms with van der Waals surface area (Å²) in [5.74, 6) is 0.652. The van der Waals surface area contributed by atoms with E-state index in [1.807, 2.05) is 0 Å². The fraction of sp³-hybridized carbons (Fsp3) is 0.727. The number of nitrogens with one attached hydrogen (secondary N) is 1. The van der Waals surface area contributed by atoms with Crippen molar-refractivity contribution in [3.05, 3.63) is 6.33 Å². The summed E-state index contributed by atoms with van der Waals surface area (Å²) in [6.07, 6.45) is 1.98. The molecule has 0 saturated carbocycles. The average Bonchev–Trinajstić information content (AvgIpc) is 2.63. The maximum absolute atomic E-state index is 11.7. The van der Waals surface area contributed by atoms with E-state index >= 15 is 0 Å². The van der Waals surface area contributed by atoms with Gasteiger partial charge < -0.3 is 4.74 Å². The van der Waals surface area contributed by atoms with Gasteiger partial charge in [-0.2, -0.15) is 0 Å². The van der Waals surface area contributed by atoms with E-state index in [4.69, 9.17) is 4.74 Å². The second kappa shape index (κ2) is 6.34. The van der Waals surface area contributed by atoms with Crippen LogP contribution in [0.4, 0.5) is 5.95 Å². The molecule has 1 aromatic rings. The molecule has 1 rings (SSSR count). The molecular weight excluding hydrogens is 220 g/mol. The van der Waals surface area contributed by atoms with Crippen LogP contribution in [0.3, 0.4) is 0 Å². The van der Waals surface area contributed by atoms with E-state index in [0.29, 0.717) is 18.5 Å². The topological polar surface area (TPSA) is 69.0 Å². The highest BCUT2D eigenvalue weighted by molar-refractivity contribution is 5.92. The van der Waals surface area contributed by atoms with E-state index in [1.165, 1.54) is 11.0 Å². The Morgan fingerprint density at radius 2 is 2.24 bits per heavy atom. The molecule has 0 aromatic carbocycles. The molecule has 0 spiro atoms. The van der Waals surface area contributed by atoms with Crippen molar-refractivity contribution < 1.29 is 9.53 Å². The molecule has 0 bridgehead atoms. The summed E-state index contributed by atoms with van der Waals surface area (Å²) in [6.45, 7) is 6.54. The molecule has 0 aliphatic carbocycles. The van der Waals surface area contributed by atoms with Crippen LogP contribution < -0.4 is 5.32 Å². The smallest absolute Gasteiger partial charge is 0.255 e. The number of hydrogen-bond acceptors (Lipinski definition) is 4. The molecule has 17 heavy (non-hydrogen) atoms.